The van der Waals surface area contributed by atoms with Crippen molar-refractivity contribution in [2.45, 2.75) is 32.6 Å². The second-order valence-corrected chi connectivity index (χ2v) is 6.38. The molecule has 2 rings (SSSR count). The molecule has 0 radical (unpaired) electrons. The van der Waals surface area contributed by atoms with Gasteiger partial charge in [0, 0.05) is 25.4 Å². The number of aryl methyl sites for hydroxylation is 2. The van der Waals surface area contributed by atoms with Gasteiger partial charge in [0.2, 0.25) is 5.91 Å². The molecule has 0 spiro atoms. The molecule has 1 aromatic carbocycles. The summed E-state index contributed by atoms with van der Waals surface area (Å²) in [5.74, 6) is 0.265. The van der Waals surface area contributed by atoms with E-state index < -0.39 is 0 Å². The van der Waals surface area contributed by atoms with Crippen molar-refractivity contribution in [3.8, 4) is 5.75 Å². The van der Waals surface area contributed by atoms with Gasteiger partial charge in [0.1, 0.15) is 5.75 Å². The Hall–Kier alpha value is -2.83. The van der Waals surface area contributed by atoms with Crippen molar-refractivity contribution >= 4 is 11.8 Å². The minimum absolute atomic E-state index is 0.0412. The van der Waals surface area contributed by atoms with Crippen LogP contribution in [0.1, 0.15) is 42.1 Å². The second-order valence-electron chi connectivity index (χ2n) is 6.38. The predicted molar refractivity (Wildman–Crippen MR) is 104 cm³/mol. The van der Waals surface area contributed by atoms with Crippen LogP contribution in [0.5, 0.6) is 5.75 Å². The summed E-state index contributed by atoms with van der Waals surface area (Å²) < 4.78 is 7.32. The van der Waals surface area contributed by atoms with Crippen LogP contribution in [0, 0.1) is 0 Å². The molecule has 0 atom stereocenters. The maximum atomic E-state index is 12.1. The Kier molecular flexibility index (Phi) is 8.35. The number of amides is 2. The number of hydrogen-bond acceptors (Lipinski definition) is 4. The summed E-state index contributed by atoms with van der Waals surface area (Å²) in [5, 5.41) is 9.54. The zero-order valence-electron chi connectivity index (χ0n) is 16.0. The van der Waals surface area contributed by atoms with E-state index in [1.54, 1.807) is 28.9 Å². The molecule has 27 heavy (non-hydrogen) atoms. The van der Waals surface area contributed by atoms with E-state index in [1.807, 2.05) is 19.4 Å². The van der Waals surface area contributed by atoms with E-state index in [-0.39, 0.29) is 18.4 Å². The fourth-order valence-electron chi connectivity index (χ4n) is 2.48. The molecule has 1 heterocycles. The van der Waals surface area contributed by atoms with E-state index in [0.717, 1.165) is 37.0 Å². The summed E-state index contributed by atoms with van der Waals surface area (Å²) in [7, 11) is 1.88. The number of benzene rings is 1. The first-order valence-electron chi connectivity index (χ1n) is 9.33. The van der Waals surface area contributed by atoms with Gasteiger partial charge in [0.05, 0.1) is 19.3 Å². The van der Waals surface area contributed by atoms with Gasteiger partial charge in [-0.3, -0.25) is 14.3 Å². The summed E-state index contributed by atoms with van der Waals surface area (Å²) in [6.07, 6.45) is 7.54. The van der Waals surface area contributed by atoms with Gasteiger partial charge in [0.15, 0.2) is 0 Å². The zero-order valence-corrected chi connectivity index (χ0v) is 16.0. The van der Waals surface area contributed by atoms with Gasteiger partial charge in [-0.1, -0.05) is 13.3 Å². The van der Waals surface area contributed by atoms with Crippen LogP contribution in [-0.2, 0) is 18.3 Å². The fraction of sp³-hybridized carbons (Fsp3) is 0.450. The molecule has 0 aliphatic carbocycles. The predicted octanol–water partition coefficient (Wildman–Crippen LogP) is 2.08. The van der Waals surface area contributed by atoms with Crippen molar-refractivity contribution in [3.63, 3.8) is 0 Å². The lowest BCUT2D eigenvalue weighted by molar-refractivity contribution is -0.120. The highest BCUT2D eigenvalue weighted by atomic mass is 16.5. The third kappa shape index (κ3) is 7.52. The molecule has 0 fully saturated rings. The minimum atomic E-state index is -0.277. The van der Waals surface area contributed by atoms with Crippen molar-refractivity contribution < 1.29 is 14.3 Å². The Labute approximate surface area is 160 Å². The van der Waals surface area contributed by atoms with Gasteiger partial charge < -0.3 is 15.4 Å². The monoisotopic (exact) mass is 372 g/mol. The smallest absolute Gasteiger partial charge is 0.251 e. The van der Waals surface area contributed by atoms with Gasteiger partial charge in [-0.15, -0.1) is 0 Å². The van der Waals surface area contributed by atoms with Crippen molar-refractivity contribution in [2.75, 3.05) is 19.7 Å². The molecule has 7 nitrogen and oxygen atoms in total. The summed E-state index contributed by atoms with van der Waals surface area (Å²) in [4.78, 5) is 23.9. The highest BCUT2D eigenvalue weighted by Crippen LogP contribution is 2.12. The Balaban J connectivity index is 1.63. The van der Waals surface area contributed by atoms with Crippen molar-refractivity contribution in [1.29, 1.82) is 0 Å². The molecule has 7 heteroatoms. The fourth-order valence-corrected chi connectivity index (χ4v) is 2.48. The van der Waals surface area contributed by atoms with E-state index >= 15 is 0 Å². The first-order chi connectivity index (χ1) is 13.1. The molecule has 2 N–H and O–H groups in total. The van der Waals surface area contributed by atoms with Crippen LogP contribution in [-0.4, -0.2) is 41.3 Å². The Morgan fingerprint density at radius 2 is 1.93 bits per heavy atom. The summed E-state index contributed by atoms with van der Waals surface area (Å²) in [5.41, 5.74) is 1.64. The number of nitrogens with zero attached hydrogens (tertiary/aromatic N) is 2. The molecule has 0 aliphatic rings. The van der Waals surface area contributed by atoms with E-state index in [9.17, 15) is 9.59 Å². The molecule has 0 aliphatic heterocycles. The molecular weight excluding hydrogens is 344 g/mol. The second kappa shape index (κ2) is 11.0. The molecule has 2 aromatic rings. The topological polar surface area (TPSA) is 85.2 Å². The van der Waals surface area contributed by atoms with E-state index in [4.69, 9.17) is 4.74 Å². The normalized spacial score (nSPS) is 10.4. The first kappa shape index (κ1) is 20.5. The quantitative estimate of drug-likeness (QED) is 0.592. The summed E-state index contributed by atoms with van der Waals surface area (Å²) >= 11 is 0. The van der Waals surface area contributed by atoms with Gasteiger partial charge >= 0.3 is 0 Å². The van der Waals surface area contributed by atoms with Crippen LogP contribution < -0.4 is 15.4 Å². The van der Waals surface area contributed by atoms with Crippen molar-refractivity contribution in [2.24, 2.45) is 7.05 Å². The minimum Gasteiger partial charge on any atom is -0.494 e. The van der Waals surface area contributed by atoms with Gasteiger partial charge in [-0.2, -0.15) is 5.10 Å². The third-order valence-electron chi connectivity index (χ3n) is 4.02. The maximum absolute atomic E-state index is 12.1. The molecule has 0 saturated heterocycles. The summed E-state index contributed by atoms with van der Waals surface area (Å²) in [6.45, 7) is 3.30. The maximum Gasteiger partial charge on any atom is 0.251 e. The molecule has 1 aromatic heterocycles. The van der Waals surface area contributed by atoms with Crippen LogP contribution in [0.4, 0.5) is 0 Å². The number of aromatic nitrogens is 2. The Morgan fingerprint density at radius 1 is 1.15 bits per heavy atom. The largest absolute Gasteiger partial charge is 0.494 e. The molecule has 146 valence electrons. The van der Waals surface area contributed by atoms with E-state index in [0.29, 0.717) is 18.7 Å². The lowest BCUT2D eigenvalue weighted by Gasteiger charge is -2.08. The number of carbonyl (C=O) groups is 2. The molecule has 2 amide bonds. The number of hydrogen-bond donors (Lipinski definition) is 2. The molecular formula is C20H28N4O3. The number of nitrogens with one attached hydrogen (secondary N) is 2. The molecule has 0 saturated carbocycles. The van der Waals surface area contributed by atoms with Gasteiger partial charge in [0.25, 0.3) is 5.91 Å². The lowest BCUT2D eigenvalue weighted by atomic mass is 10.2. The van der Waals surface area contributed by atoms with Gasteiger partial charge in [-0.05, 0) is 49.1 Å². The first-order valence-corrected chi connectivity index (χ1v) is 9.33. The lowest BCUT2D eigenvalue weighted by Crippen LogP contribution is -2.37. The van der Waals surface area contributed by atoms with Crippen LogP contribution >= 0.6 is 0 Å². The number of unbranched alkanes of at least 4 members (excludes halogenated alkanes) is 1. The van der Waals surface area contributed by atoms with Crippen molar-refractivity contribution in [3.05, 3.63) is 47.8 Å². The highest BCUT2D eigenvalue weighted by molar-refractivity contribution is 5.96. The van der Waals surface area contributed by atoms with Crippen LogP contribution in [0.15, 0.2) is 36.7 Å². The number of ether oxygens (including phenoxy) is 1. The zero-order chi connectivity index (χ0) is 19.5. The van der Waals surface area contributed by atoms with Gasteiger partial charge in [-0.25, -0.2) is 0 Å². The van der Waals surface area contributed by atoms with Crippen LogP contribution in [0.25, 0.3) is 0 Å². The van der Waals surface area contributed by atoms with Crippen molar-refractivity contribution in [1.82, 2.24) is 20.4 Å². The summed E-state index contributed by atoms with van der Waals surface area (Å²) in [6, 6.07) is 6.93. The number of rotatable bonds is 11. The Bertz CT molecular complexity index is 725. The van der Waals surface area contributed by atoms with Crippen LogP contribution in [0.2, 0.25) is 0 Å². The Morgan fingerprint density at radius 3 is 2.59 bits per heavy atom. The highest BCUT2D eigenvalue weighted by Gasteiger charge is 2.08. The van der Waals surface area contributed by atoms with E-state index in [1.165, 1.54) is 0 Å². The van der Waals surface area contributed by atoms with Crippen LogP contribution in [0.3, 0.4) is 0 Å². The molecule has 0 unspecified atom stereocenters. The SMILES string of the molecule is CCCCOc1ccc(C(=O)NCC(=O)NCCCc2cnn(C)c2)cc1. The standard InChI is InChI=1S/C20H28N4O3/c1-3-4-12-27-18-9-7-17(8-10-18)20(26)22-14-19(25)21-11-5-6-16-13-23-24(2)15-16/h7-10,13,15H,3-6,11-12,14H2,1-2H3,(H,21,25)(H,22,26). The third-order valence-corrected chi connectivity index (χ3v) is 4.02. The van der Waals surface area contributed by atoms with E-state index in [2.05, 4.69) is 22.7 Å². The average molecular weight is 372 g/mol. The molecule has 0 bridgehead atoms. The number of carbonyl (C=O) groups excluding carboxylic acids is 2. The average Bonchev–Trinajstić information content (AvgIpc) is 3.09.